The molecule has 2 N–H and O–H groups in total. The number of rotatable bonds is 4. The molecule has 0 atom stereocenters. The molecule has 1 amide bonds. The Morgan fingerprint density at radius 3 is 2.47 bits per heavy atom. The summed E-state index contributed by atoms with van der Waals surface area (Å²) in [4.78, 5) is 10.9. The highest BCUT2D eigenvalue weighted by atomic mass is 16.1. The average Bonchev–Trinajstić information content (AvgIpc) is 2.15. The predicted octanol–water partition coefficient (Wildman–Crippen LogP) is 3.49. The first-order valence-electron chi connectivity index (χ1n) is 5.98. The van der Waals surface area contributed by atoms with Crippen LogP contribution in [0.1, 0.15) is 34.1 Å². The second-order valence-corrected chi connectivity index (χ2v) is 5.50. The maximum atomic E-state index is 10.9. The van der Waals surface area contributed by atoms with Gasteiger partial charge in [-0.15, -0.1) is 0 Å². The van der Waals surface area contributed by atoms with Crippen molar-refractivity contribution < 1.29 is 4.79 Å². The highest BCUT2D eigenvalue weighted by Gasteiger charge is 2.08. The van der Waals surface area contributed by atoms with E-state index in [1.807, 2.05) is 24.3 Å². The SMILES string of the molecule is CC(=O)Nc1cccc(NCCC(C)(C)C)c1. The Hall–Kier alpha value is -1.51. The van der Waals surface area contributed by atoms with Crippen LogP contribution in [0.25, 0.3) is 0 Å². The van der Waals surface area contributed by atoms with Gasteiger partial charge in [0.1, 0.15) is 0 Å². The average molecular weight is 234 g/mol. The number of carbonyl (C=O) groups excluding carboxylic acids is 1. The Bertz CT molecular complexity index is 380. The third-order valence-corrected chi connectivity index (χ3v) is 2.39. The van der Waals surface area contributed by atoms with Crippen LogP contribution < -0.4 is 10.6 Å². The minimum Gasteiger partial charge on any atom is -0.385 e. The van der Waals surface area contributed by atoms with E-state index in [1.165, 1.54) is 6.92 Å². The first-order valence-corrected chi connectivity index (χ1v) is 5.98. The molecule has 0 aliphatic carbocycles. The lowest BCUT2D eigenvalue weighted by Crippen LogP contribution is -2.13. The molecule has 1 rings (SSSR count). The highest BCUT2D eigenvalue weighted by Crippen LogP contribution is 2.19. The van der Waals surface area contributed by atoms with Crippen molar-refractivity contribution in [1.82, 2.24) is 0 Å². The molecule has 3 nitrogen and oxygen atoms in total. The monoisotopic (exact) mass is 234 g/mol. The molecule has 1 aromatic carbocycles. The van der Waals surface area contributed by atoms with Gasteiger partial charge in [0, 0.05) is 24.8 Å². The Morgan fingerprint density at radius 2 is 1.88 bits per heavy atom. The maximum absolute atomic E-state index is 10.9. The quantitative estimate of drug-likeness (QED) is 0.837. The molecule has 0 aliphatic rings. The fourth-order valence-corrected chi connectivity index (χ4v) is 1.49. The molecule has 0 aromatic heterocycles. The summed E-state index contributed by atoms with van der Waals surface area (Å²) in [5.41, 5.74) is 2.21. The van der Waals surface area contributed by atoms with Crippen LogP contribution in [-0.2, 0) is 4.79 Å². The smallest absolute Gasteiger partial charge is 0.221 e. The second-order valence-electron chi connectivity index (χ2n) is 5.50. The first kappa shape index (κ1) is 13.6. The zero-order valence-corrected chi connectivity index (χ0v) is 11.1. The number of amides is 1. The number of anilines is 2. The van der Waals surface area contributed by atoms with Crippen LogP contribution >= 0.6 is 0 Å². The summed E-state index contributed by atoms with van der Waals surface area (Å²) in [6.07, 6.45) is 1.11. The lowest BCUT2D eigenvalue weighted by Gasteiger charge is -2.18. The van der Waals surface area contributed by atoms with Gasteiger partial charge < -0.3 is 10.6 Å². The van der Waals surface area contributed by atoms with Crippen LogP contribution in [-0.4, -0.2) is 12.5 Å². The van der Waals surface area contributed by atoms with E-state index in [0.717, 1.165) is 24.3 Å². The molecule has 0 heterocycles. The molecule has 3 heteroatoms. The third-order valence-electron chi connectivity index (χ3n) is 2.39. The van der Waals surface area contributed by atoms with Crippen molar-refractivity contribution in [2.24, 2.45) is 5.41 Å². The van der Waals surface area contributed by atoms with E-state index in [1.54, 1.807) is 0 Å². The number of carbonyl (C=O) groups is 1. The van der Waals surface area contributed by atoms with Gasteiger partial charge in [0.25, 0.3) is 0 Å². The molecule has 0 bridgehead atoms. The molecular formula is C14H22N2O. The summed E-state index contributed by atoms with van der Waals surface area (Å²) in [5, 5.41) is 6.14. The van der Waals surface area contributed by atoms with E-state index in [4.69, 9.17) is 0 Å². The van der Waals surface area contributed by atoms with Crippen molar-refractivity contribution in [1.29, 1.82) is 0 Å². The van der Waals surface area contributed by atoms with Gasteiger partial charge in [0.05, 0.1) is 0 Å². The fourth-order valence-electron chi connectivity index (χ4n) is 1.49. The van der Waals surface area contributed by atoms with Gasteiger partial charge in [-0.05, 0) is 30.0 Å². The van der Waals surface area contributed by atoms with Gasteiger partial charge in [0.15, 0.2) is 0 Å². The van der Waals surface area contributed by atoms with Gasteiger partial charge in [-0.1, -0.05) is 26.8 Å². The predicted molar refractivity (Wildman–Crippen MR) is 73.3 cm³/mol. The number of hydrogen-bond acceptors (Lipinski definition) is 2. The second kappa shape index (κ2) is 5.71. The van der Waals surface area contributed by atoms with Crippen LogP contribution in [0.15, 0.2) is 24.3 Å². The summed E-state index contributed by atoms with van der Waals surface area (Å²) in [6, 6.07) is 7.78. The van der Waals surface area contributed by atoms with Crippen LogP contribution in [0.5, 0.6) is 0 Å². The minimum absolute atomic E-state index is 0.0446. The van der Waals surface area contributed by atoms with Crippen LogP contribution in [0, 0.1) is 5.41 Å². The fraction of sp³-hybridized carbons (Fsp3) is 0.500. The minimum atomic E-state index is -0.0446. The topological polar surface area (TPSA) is 41.1 Å². The van der Waals surface area contributed by atoms with Gasteiger partial charge in [-0.25, -0.2) is 0 Å². The largest absolute Gasteiger partial charge is 0.385 e. The molecule has 0 saturated carbocycles. The van der Waals surface area contributed by atoms with E-state index in [2.05, 4.69) is 31.4 Å². The molecule has 17 heavy (non-hydrogen) atoms. The van der Waals surface area contributed by atoms with E-state index >= 15 is 0 Å². The summed E-state index contributed by atoms with van der Waals surface area (Å²) in [6.45, 7) is 9.12. The Labute approximate surface area is 104 Å². The maximum Gasteiger partial charge on any atom is 0.221 e. The highest BCUT2D eigenvalue weighted by molar-refractivity contribution is 5.89. The van der Waals surface area contributed by atoms with Gasteiger partial charge in [0.2, 0.25) is 5.91 Å². The zero-order valence-electron chi connectivity index (χ0n) is 11.1. The summed E-state index contributed by atoms with van der Waals surface area (Å²) in [7, 11) is 0. The molecule has 0 spiro atoms. The van der Waals surface area contributed by atoms with E-state index in [9.17, 15) is 4.79 Å². The van der Waals surface area contributed by atoms with Crippen LogP contribution in [0.2, 0.25) is 0 Å². The molecule has 94 valence electrons. The van der Waals surface area contributed by atoms with Crippen molar-refractivity contribution in [2.75, 3.05) is 17.2 Å². The number of benzene rings is 1. The number of nitrogens with one attached hydrogen (secondary N) is 2. The molecule has 0 saturated heterocycles. The van der Waals surface area contributed by atoms with Crippen molar-refractivity contribution in [3.05, 3.63) is 24.3 Å². The summed E-state index contributed by atoms with van der Waals surface area (Å²) < 4.78 is 0. The molecule has 0 fully saturated rings. The van der Waals surface area contributed by atoms with Crippen molar-refractivity contribution in [3.8, 4) is 0 Å². The Balaban J connectivity index is 2.51. The van der Waals surface area contributed by atoms with Gasteiger partial charge >= 0.3 is 0 Å². The number of hydrogen-bond donors (Lipinski definition) is 2. The van der Waals surface area contributed by atoms with E-state index in [-0.39, 0.29) is 5.91 Å². The van der Waals surface area contributed by atoms with Gasteiger partial charge in [-0.3, -0.25) is 4.79 Å². The first-order chi connectivity index (χ1) is 7.87. The van der Waals surface area contributed by atoms with Crippen molar-refractivity contribution >= 4 is 17.3 Å². The van der Waals surface area contributed by atoms with Gasteiger partial charge in [-0.2, -0.15) is 0 Å². The van der Waals surface area contributed by atoms with Crippen molar-refractivity contribution in [2.45, 2.75) is 34.1 Å². The molecule has 1 aromatic rings. The lowest BCUT2D eigenvalue weighted by atomic mass is 9.92. The summed E-state index contributed by atoms with van der Waals surface area (Å²) >= 11 is 0. The normalized spacial score (nSPS) is 11.1. The zero-order chi connectivity index (χ0) is 12.9. The molecular weight excluding hydrogens is 212 g/mol. The van der Waals surface area contributed by atoms with E-state index in [0.29, 0.717) is 5.41 Å². The van der Waals surface area contributed by atoms with Crippen molar-refractivity contribution in [3.63, 3.8) is 0 Å². The third kappa shape index (κ3) is 5.95. The molecule has 0 aliphatic heterocycles. The van der Waals surface area contributed by atoms with Crippen LogP contribution in [0.4, 0.5) is 11.4 Å². The Kier molecular flexibility index (Phi) is 4.55. The Morgan fingerprint density at radius 1 is 1.24 bits per heavy atom. The van der Waals surface area contributed by atoms with Crippen LogP contribution in [0.3, 0.4) is 0 Å². The standard InChI is InChI=1S/C14H22N2O/c1-11(17)16-13-7-5-6-12(10-13)15-9-8-14(2,3)4/h5-7,10,15H,8-9H2,1-4H3,(H,16,17). The molecule has 0 radical (unpaired) electrons. The van der Waals surface area contributed by atoms with E-state index < -0.39 is 0 Å². The molecule has 0 unspecified atom stereocenters. The lowest BCUT2D eigenvalue weighted by molar-refractivity contribution is -0.114. The summed E-state index contributed by atoms with van der Waals surface area (Å²) in [5.74, 6) is -0.0446.